The lowest BCUT2D eigenvalue weighted by Crippen LogP contribution is -2.12. The molecule has 0 spiro atoms. The highest BCUT2D eigenvalue weighted by atomic mass is 79.9. The fraction of sp³-hybridized carbons (Fsp3) is 0.364. The van der Waals surface area contributed by atoms with Gasteiger partial charge in [-0.05, 0) is 47.0 Å². The summed E-state index contributed by atoms with van der Waals surface area (Å²) >= 11 is 6.72. The van der Waals surface area contributed by atoms with Crippen LogP contribution in [0.2, 0.25) is 0 Å². The number of hydrogen-bond acceptors (Lipinski definition) is 2. The molecule has 1 aromatic carbocycles. The van der Waals surface area contributed by atoms with E-state index in [1.54, 1.807) is 14.0 Å². The smallest absolute Gasteiger partial charge is 0.143 e. The number of benzene rings is 1. The van der Waals surface area contributed by atoms with Crippen molar-refractivity contribution in [2.24, 2.45) is 0 Å². The first kappa shape index (κ1) is 12.7. The van der Waals surface area contributed by atoms with Gasteiger partial charge in [0.15, 0.2) is 0 Å². The zero-order valence-electron chi connectivity index (χ0n) is 8.59. The Bertz CT molecular complexity index is 364. The summed E-state index contributed by atoms with van der Waals surface area (Å²) in [6, 6.07) is 5.83. The molecule has 0 aromatic heterocycles. The number of Topliss-reactive ketones (excluding diaryl/α,β-unsaturated/α-hetero) is 1. The summed E-state index contributed by atoms with van der Waals surface area (Å²) in [5.41, 5.74) is 1.08. The topological polar surface area (TPSA) is 26.3 Å². The minimum atomic E-state index is -0.122. The van der Waals surface area contributed by atoms with Gasteiger partial charge in [0.2, 0.25) is 0 Å². The van der Waals surface area contributed by atoms with E-state index in [2.05, 4.69) is 31.9 Å². The van der Waals surface area contributed by atoms with Gasteiger partial charge in [-0.1, -0.05) is 22.0 Å². The highest BCUT2D eigenvalue weighted by molar-refractivity contribution is 9.10. The second-order valence-corrected chi connectivity index (χ2v) is 5.21. The molecular formula is C11H12Br2O2. The molecule has 0 aliphatic carbocycles. The molecule has 15 heavy (non-hydrogen) atoms. The van der Waals surface area contributed by atoms with E-state index < -0.39 is 0 Å². The van der Waals surface area contributed by atoms with E-state index in [0.717, 1.165) is 15.8 Å². The number of halogens is 2. The Kier molecular flexibility index (Phi) is 4.80. The van der Waals surface area contributed by atoms with E-state index in [9.17, 15) is 4.79 Å². The number of rotatable bonds is 4. The number of alkyl halides is 1. The van der Waals surface area contributed by atoms with Gasteiger partial charge < -0.3 is 4.74 Å². The van der Waals surface area contributed by atoms with Crippen LogP contribution in [-0.4, -0.2) is 17.7 Å². The third-order valence-electron chi connectivity index (χ3n) is 2.07. The highest BCUT2D eigenvalue weighted by Crippen LogP contribution is 2.26. The molecule has 0 heterocycles. The lowest BCUT2D eigenvalue weighted by atomic mass is 10.1. The summed E-state index contributed by atoms with van der Waals surface area (Å²) in [6.45, 7) is 1.58. The van der Waals surface area contributed by atoms with Gasteiger partial charge in [-0.3, -0.25) is 4.79 Å². The van der Waals surface area contributed by atoms with Crippen molar-refractivity contribution in [3.63, 3.8) is 0 Å². The third kappa shape index (κ3) is 3.61. The van der Waals surface area contributed by atoms with Crippen molar-refractivity contribution in [2.75, 3.05) is 7.11 Å². The van der Waals surface area contributed by atoms with E-state index in [-0.39, 0.29) is 10.6 Å². The molecule has 0 saturated carbocycles. The monoisotopic (exact) mass is 334 g/mol. The van der Waals surface area contributed by atoms with Crippen LogP contribution >= 0.6 is 31.9 Å². The van der Waals surface area contributed by atoms with Gasteiger partial charge in [-0.15, -0.1) is 0 Å². The Hall–Kier alpha value is -0.350. The van der Waals surface area contributed by atoms with Crippen LogP contribution in [0.15, 0.2) is 22.7 Å². The first-order valence-electron chi connectivity index (χ1n) is 4.51. The molecule has 0 radical (unpaired) electrons. The molecule has 2 nitrogen and oxygen atoms in total. The van der Waals surface area contributed by atoms with Gasteiger partial charge in [0.1, 0.15) is 11.5 Å². The Morgan fingerprint density at radius 1 is 1.53 bits per heavy atom. The molecule has 0 bridgehead atoms. The largest absolute Gasteiger partial charge is 0.496 e. The minimum absolute atomic E-state index is 0.122. The van der Waals surface area contributed by atoms with Crippen LogP contribution < -0.4 is 4.74 Å². The molecule has 0 amide bonds. The van der Waals surface area contributed by atoms with Crippen molar-refractivity contribution in [2.45, 2.75) is 18.2 Å². The lowest BCUT2D eigenvalue weighted by molar-refractivity contribution is -0.116. The molecule has 1 unspecified atom stereocenters. The Balaban J connectivity index is 2.83. The van der Waals surface area contributed by atoms with Crippen molar-refractivity contribution in [1.82, 2.24) is 0 Å². The van der Waals surface area contributed by atoms with Crippen molar-refractivity contribution in [3.05, 3.63) is 28.2 Å². The standard InChI is InChI=1S/C11H12Br2O2/c1-7(14)10(13)5-8-3-4-9(12)11(6-8)15-2/h3-4,6,10H,5H2,1-2H3. The zero-order valence-corrected chi connectivity index (χ0v) is 11.8. The summed E-state index contributed by atoms with van der Waals surface area (Å²) in [5, 5.41) is 0. The second kappa shape index (κ2) is 5.66. The predicted molar refractivity (Wildman–Crippen MR) is 67.8 cm³/mol. The fourth-order valence-corrected chi connectivity index (χ4v) is 1.96. The maximum atomic E-state index is 11.1. The third-order valence-corrected chi connectivity index (χ3v) is 3.70. The number of carbonyl (C=O) groups excluding carboxylic acids is 1. The molecule has 1 atom stereocenters. The van der Waals surface area contributed by atoms with Gasteiger partial charge in [0.25, 0.3) is 0 Å². The molecule has 0 fully saturated rings. The molecule has 0 aliphatic rings. The van der Waals surface area contributed by atoms with Crippen LogP contribution in [0.4, 0.5) is 0 Å². The average molecular weight is 336 g/mol. The number of carbonyl (C=O) groups is 1. The van der Waals surface area contributed by atoms with E-state index in [1.807, 2.05) is 18.2 Å². The van der Waals surface area contributed by atoms with E-state index >= 15 is 0 Å². The van der Waals surface area contributed by atoms with E-state index in [0.29, 0.717) is 6.42 Å². The van der Waals surface area contributed by atoms with Crippen molar-refractivity contribution >= 4 is 37.6 Å². The van der Waals surface area contributed by atoms with E-state index in [4.69, 9.17) is 4.74 Å². The number of methoxy groups -OCH3 is 1. The lowest BCUT2D eigenvalue weighted by Gasteiger charge is -2.09. The summed E-state index contributed by atoms with van der Waals surface area (Å²) in [7, 11) is 1.63. The van der Waals surface area contributed by atoms with Crippen LogP contribution in [0, 0.1) is 0 Å². The van der Waals surface area contributed by atoms with Crippen molar-refractivity contribution in [1.29, 1.82) is 0 Å². The van der Waals surface area contributed by atoms with Crippen LogP contribution in [0.25, 0.3) is 0 Å². The normalized spacial score (nSPS) is 12.3. The number of ketones is 1. The molecule has 1 aromatic rings. The van der Waals surface area contributed by atoms with E-state index in [1.165, 1.54) is 0 Å². The first-order valence-corrected chi connectivity index (χ1v) is 6.22. The van der Waals surface area contributed by atoms with Gasteiger partial charge >= 0.3 is 0 Å². The summed E-state index contributed by atoms with van der Waals surface area (Å²) in [4.78, 5) is 11.0. The van der Waals surface area contributed by atoms with Gasteiger partial charge in [0.05, 0.1) is 16.4 Å². The Morgan fingerprint density at radius 2 is 2.20 bits per heavy atom. The molecule has 0 N–H and O–H groups in total. The predicted octanol–water partition coefficient (Wildman–Crippen LogP) is 3.35. The molecule has 0 aliphatic heterocycles. The highest BCUT2D eigenvalue weighted by Gasteiger charge is 2.11. The molecular weight excluding hydrogens is 324 g/mol. The number of hydrogen-bond donors (Lipinski definition) is 0. The minimum Gasteiger partial charge on any atom is -0.496 e. The quantitative estimate of drug-likeness (QED) is 0.789. The van der Waals surface area contributed by atoms with Gasteiger partial charge in [-0.2, -0.15) is 0 Å². The van der Waals surface area contributed by atoms with Gasteiger partial charge in [0, 0.05) is 0 Å². The molecule has 82 valence electrons. The second-order valence-electron chi connectivity index (χ2n) is 3.25. The van der Waals surface area contributed by atoms with Crippen molar-refractivity contribution in [3.8, 4) is 5.75 Å². The fourth-order valence-electron chi connectivity index (χ4n) is 1.18. The van der Waals surface area contributed by atoms with Crippen LogP contribution in [0.3, 0.4) is 0 Å². The molecule has 0 saturated heterocycles. The zero-order chi connectivity index (χ0) is 11.4. The Morgan fingerprint density at radius 3 is 2.73 bits per heavy atom. The number of ether oxygens (including phenoxy) is 1. The maximum absolute atomic E-state index is 11.1. The van der Waals surface area contributed by atoms with Gasteiger partial charge in [-0.25, -0.2) is 0 Å². The summed E-state index contributed by atoms with van der Waals surface area (Å²) in [5.74, 6) is 0.924. The average Bonchev–Trinajstić information content (AvgIpc) is 2.20. The molecule has 4 heteroatoms. The maximum Gasteiger partial charge on any atom is 0.143 e. The SMILES string of the molecule is COc1cc(CC(Br)C(C)=O)ccc1Br. The van der Waals surface area contributed by atoms with Crippen molar-refractivity contribution < 1.29 is 9.53 Å². The van der Waals surface area contributed by atoms with Crippen LogP contribution in [0.1, 0.15) is 12.5 Å². The first-order chi connectivity index (χ1) is 7.04. The Labute approximate surface area is 106 Å². The summed E-state index contributed by atoms with van der Waals surface area (Å²) < 4.78 is 6.10. The summed E-state index contributed by atoms with van der Waals surface area (Å²) in [6.07, 6.45) is 0.680. The van der Waals surface area contributed by atoms with Crippen LogP contribution in [-0.2, 0) is 11.2 Å². The van der Waals surface area contributed by atoms with Crippen LogP contribution in [0.5, 0.6) is 5.75 Å². The molecule has 1 rings (SSSR count).